The number of rotatable bonds is 6. The Kier molecular flexibility index (Phi) is 6.04. The van der Waals surface area contributed by atoms with Gasteiger partial charge in [-0.05, 0) is 51.8 Å². The second-order valence-electron chi connectivity index (χ2n) is 8.22. The molecule has 1 aromatic carbocycles. The Hall–Kier alpha value is -3.15. The van der Waals surface area contributed by atoms with Crippen molar-refractivity contribution >= 4 is 22.8 Å². The van der Waals surface area contributed by atoms with Crippen LogP contribution < -0.4 is 0 Å². The molecule has 1 N–H and O–H groups in total. The lowest BCUT2D eigenvalue weighted by molar-refractivity contribution is -0.120. The van der Waals surface area contributed by atoms with Crippen LogP contribution in [-0.4, -0.2) is 37.5 Å². The lowest BCUT2D eigenvalue weighted by Gasteiger charge is -2.12. The monoisotopic (exact) mass is 447 g/mol. The van der Waals surface area contributed by atoms with Gasteiger partial charge in [0.25, 0.3) is 0 Å². The number of hydrogen-bond acceptors (Lipinski definition) is 7. The van der Waals surface area contributed by atoms with E-state index in [4.69, 9.17) is 4.99 Å². The summed E-state index contributed by atoms with van der Waals surface area (Å²) in [6, 6.07) is 9.04. The first-order valence-corrected chi connectivity index (χ1v) is 11.4. The van der Waals surface area contributed by atoms with E-state index in [0.29, 0.717) is 24.2 Å². The van der Waals surface area contributed by atoms with Gasteiger partial charge in [-0.3, -0.25) is 14.4 Å². The topological polar surface area (TPSA) is 104 Å². The third-order valence-electron chi connectivity index (χ3n) is 5.79. The summed E-state index contributed by atoms with van der Waals surface area (Å²) < 4.78 is 2.02. The van der Waals surface area contributed by atoms with Crippen LogP contribution in [0.1, 0.15) is 71.0 Å². The van der Waals surface area contributed by atoms with E-state index >= 15 is 0 Å². The predicted molar refractivity (Wildman–Crippen MR) is 124 cm³/mol. The third-order valence-corrected chi connectivity index (χ3v) is 6.98. The molecule has 0 saturated carbocycles. The van der Waals surface area contributed by atoms with Crippen molar-refractivity contribution in [1.29, 1.82) is 5.26 Å². The molecule has 2 atom stereocenters. The number of fused-ring (bicyclic) bond motifs is 3. The molecule has 1 aliphatic heterocycles. The van der Waals surface area contributed by atoms with Crippen LogP contribution in [-0.2, 0) is 4.79 Å². The summed E-state index contributed by atoms with van der Waals surface area (Å²) in [5.41, 5.74) is 4.42. The molecule has 0 fully saturated rings. The molecule has 2 aromatic heterocycles. The largest absolute Gasteiger partial charge is 0.393 e. The summed E-state index contributed by atoms with van der Waals surface area (Å²) >= 11 is 1.66. The van der Waals surface area contributed by atoms with Gasteiger partial charge in [-0.1, -0.05) is 12.1 Å². The minimum atomic E-state index is -0.519. The van der Waals surface area contributed by atoms with E-state index in [1.54, 1.807) is 30.4 Å². The van der Waals surface area contributed by atoms with Crippen LogP contribution in [0.25, 0.3) is 5.00 Å². The van der Waals surface area contributed by atoms with Crippen molar-refractivity contribution < 1.29 is 9.90 Å². The maximum absolute atomic E-state index is 12.7. The van der Waals surface area contributed by atoms with E-state index in [2.05, 4.69) is 30.1 Å². The Morgan fingerprint density at radius 1 is 1.25 bits per heavy atom. The van der Waals surface area contributed by atoms with Crippen molar-refractivity contribution in [2.75, 3.05) is 0 Å². The van der Waals surface area contributed by atoms with Crippen LogP contribution in [0.2, 0.25) is 0 Å². The maximum Gasteiger partial charge on any atom is 0.163 e. The summed E-state index contributed by atoms with van der Waals surface area (Å²) in [7, 11) is 0. The first kappa shape index (κ1) is 22.1. The molecule has 32 heavy (non-hydrogen) atoms. The van der Waals surface area contributed by atoms with Gasteiger partial charge in [0.05, 0.1) is 23.4 Å². The summed E-state index contributed by atoms with van der Waals surface area (Å²) in [5.74, 6) is 1.43. The molecule has 0 aliphatic carbocycles. The number of aryl methyl sites for hydroxylation is 2. The van der Waals surface area contributed by atoms with E-state index in [1.165, 1.54) is 4.88 Å². The van der Waals surface area contributed by atoms with E-state index in [0.717, 1.165) is 33.2 Å². The van der Waals surface area contributed by atoms with Crippen molar-refractivity contribution in [2.24, 2.45) is 4.99 Å². The van der Waals surface area contributed by atoms with E-state index in [-0.39, 0.29) is 12.2 Å². The molecular weight excluding hydrogens is 422 g/mol. The summed E-state index contributed by atoms with van der Waals surface area (Å²) in [4.78, 5) is 19.0. The summed E-state index contributed by atoms with van der Waals surface area (Å²) in [6.45, 7) is 7.76. The standard InChI is InChI=1S/C24H25N5O2S/c1-13(30)5-10-19(31)11-20-23-28-27-16(4)29(23)24-21(14(2)15(3)32-24)22(26-20)18-8-6-17(12-25)7-9-18/h6-9,13,20,30H,5,10-11H2,1-4H3/t13-,20-/m0/s1. The lowest BCUT2D eigenvalue weighted by Crippen LogP contribution is -2.12. The van der Waals surface area contributed by atoms with Gasteiger partial charge in [0.1, 0.15) is 22.7 Å². The SMILES string of the molecule is Cc1sc2c(c1C)C(c1ccc(C#N)cc1)=N[C@@H](CC(=O)CC[C@H](C)O)c1nnc(C)n1-2. The van der Waals surface area contributed by atoms with Gasteiger partial charge in [0.15, 0.2) is 5.82 Å². The minimum Gasteiger partial charge on any atom is -0.393 e. The number of benzene rings is 1. The Labute approximate surface area is 191 Å². The highest BCUT2D eigenvalue weighted by Gasteiger charge is 2.32. The number of ketones is 1. The number of Topliss-reactive ketones (excluding diaryl/α,β-unsaturated/α-hetero) is 1. The number of nitrogens with zero attached hydrogens (tertiary/aromatic N) is 5. The van der Waals surface area contributed by atoms with E-state index < -0.39 is 12.1 Å². The molecule has 0 amide bonds. The molecule has 0 unspecified atom stereocenters. The van der Waals surface area contributed by atoms with Crippen LogP contribution in [0.15, 0.2) is 29.3 Å². The molecule has 1 aliphatic rings. The van der Waals surface area contributed by atoms with Crippen molar-refractivity contribution in [1.82, 2.24) is 14.8 Å². The van der Waals surface area contributed by atoms with Gasteiger partial charge in [-0.2, -0.15) is 5.26 Å². The quantitative estimate of drug-likeness (QED) is 0.612. The van der Waals surface area contributed by atoms with Gasteiger partial charge in [-0.15, -0.1) is 21.5 Å². The molecule has 0 bridgehead atoms. The molecule has 7 nitrogen and oxygen atoms in total. The number of aliphatic imine (C=N–C) groups is 1. The minimum absolute atomic E-state index is 0.0317. The summed E-state index contributed by atoms with van der Waals surface area (Å²) in [6.07, 6.45) is 0.393. The Balaban J connectivity index is 1.87. The molecule has 164 valence electrons. The summed E-state index contributed by atoms with van der Waals surface area (Å²) in [5, 5.41) is 28.5. The number of hydrogen-bond donors (Lipinski definition) is 1. The van der Waals surface area contributed by atoms with Crippen molar-refractivity contribution in [2.45, 2.75) is 59.1 Å². The molecular formula is C24H25N5O2S. The highest BCUT2D eigenvalue weighted by Crippen LogP contribution is 2.39. The lowest BCUT2D eigenvalue weighted by atomic mass is 9.98. The Bertz CT molecular complexity index is 1240. The highest BCUT2D eigenvalue weighted by atomic mass is 32.1. The number of thiophene rings is 1. The second-order valence-corrected chi connectivity index (χ2v) is 9.42. The van der Waals surface area contributed by atoms with Gasteiger partial charge >= 0.3 is 0 Å². The Morgan fingerprint density at radius 3 is 2.62 bits per heavy atom. The fourth-order valence-electron chi connectivity index (χ4n) is 3.91. The average Bonchev–Trinajstić information content (AvgIpc) is 3.24. The zero-order valence-electron chi connectivity index (χ0n) is 18.6. The fraction of sp³-hybridized carbons (Fsp3) is 0.375. The normalized spacial score (nSPS) is 15.9. The smallest absolute Gasteiger partial charge is 0.163 e. The number of carbonyl (C=O) groups excluding carboxylic acids is 1. The zero-order chi connectivity index (χ0) is 23.0. The van der Waals surface area contributed by atoms with Crippen LogP contribution in [0, 0.1) is 32.1 Å². The number of aliphatic hydroxyl groups excluding tert-OH is 1. The molecule has 0 radical (unpaired) electrons. The van der Waals surface area contributed by atoms with E-state index in [9.17, 15) is 15.2 Å². The third kappa shape index (κ3) is 4.01. The number of carbonyl (C=O) groups is 1. The maximum atomic E-state index is 12.7. The highest BCUT2D eigenvalue weighted by molar-refractivity contribution is 7.15. The van der Waals surface area contributed by atoms with Crippen molar-refractivity contribution in [3.05, 3.63) is 63.0 Å². The first-order chi connectivity index (χ1) is 15.3. The fourth-order valence-corrected chi connectivity index (χ4v) is 5.13. The number of aromatic nitrogens is 3. The molecule has 4 rings (SSSR count). The number of aliphatic hydroxyl groups is 1. The van der Waals surface area contributed by atoms with Gasteiger partial charge in [-0.25, -0.2) is 0 Å². The second kappa shape index (κ2) is 8.77. The molecule has 0 spiro atoms. The molecule has 8 heteroatoms. The Morgan fingerprint density at radius 2 is 1.97 bits per heavy atom. The van der Waals surface area contributed by atoms with Gasteiger partial charge in [0, 0.05) is 28.8 Å². The zero-order valence-corrected chi connectivity index (χ0v) is 19.4. The van der Waals surface area contributed by atoms with Crippen LogP contribution in [0.3, 0.4) is 0 Å². The van der Waals surface area contributed by atoms with Crippen molar-refractivity contribution in [3.63, 3.8) is 0 Å². The van der Waals surface area contributed by atoms with Gasteiger partial charge < -0.3 is 5.11 Å². The van der Waals surface area contributed by atoms with Crippen molar-refractivity contribution in [3.8, 4) is 11.1 Å². The molecule has 0 saturated heterocycles. The first-order valence-electron chi connectivity index (χ1n) is 10.6. The van der Waals surface area contributed by atoms with Crippen LogP contribution in [0.4, 0.5) is 0 Å². The van der Waals surface area contributed by atoms with Gasteiger partial charge in [0.2, 0.25) is 0 Å². The average molecular weight is 448 g/mol. The molecule has 3 aromatic rings. The molecule has 3 heterocycles. The van der Waals surface area contributed by atoms with Crippen LogP contribution >= 0.6 is 11.3 Å². The number of nitriles is 1. The predicted octanol–water partition coefficient (Wildman–Crippen LogP) is 4.14. The van der Waals surface area contributed by atoms with E-state index in [1.807, 2.05) is 23.6 Å². The van der Waals surface area contributed by atoms with Crippen LogP contribution in [0.5, 0.6) is 0 Å².